The largest absolute Gasteiger partial charge is 0.319 e. The number of Topliss-reactive ketones (excluding diaryl/α,β-unsaturated/α-hetero) is 1. The molecule has 0 heterocycles. The van der Waals surface area contributed by atoms with Crippen LogP contribution in [0.2, 0.25) is 0 Å². The van der Waals surface area contributed by atoms with Gasteiger partial charge in [-0.05, 0) is 25.2 Å². The van der Waals surface area contributed by atoms with Crippen LogP contribution in [-0.4, -0.2) is 11.3 Å². The van der Waals surface area contributed by atoms with Crippen LogP contribution < -0.4 is 5.73 Å². The van der Waals surface area contributed by atoms with Crippen molar-refractivity contribution in [2.45, 2.75) is 63.3 Å². The van der Waals surface area contributed by atoms with Crippen LogP contribution in [0, 0.1) is 5.92 Å². The summed E-state index contributed by atoms with van der Waals surface area (Å²) in [5.41, 5.74) is 5.72. The van der Waals surface area contributed by atoms with Gasteiger partial charge in [0.15, 0.2) is 5.78 Å². The van der Waals surface area contributed by atoms with Gasteiger partial charge in [-0.3, -0.25) is 4.79 Å². The molecule has 0 saturated heterocycles. The molecule has 0 aromatic carbocycles. The molecule has 2 fully saturated rings. The Kier molecular flexibility index (Phi) is 2.91. The second-order valence-electron chi connectivity index (χ2n) is 5.12. The standard InChI is InChI=1S/C12H21NO/c13-12(8-2-1-3-9-12)11(14)7-6-10-4-5-10/h10H,1-9,13H2. The third-order valence-electron chi connectivity index (χ3n) is 3.78. The van der Waals surface area contributed by atoms with Gasteiger partial charge in [0, 0.05) is 6.42 Å². The number of carbonyl (C=O) groups is 1. The van der Waals surface area contributed by atoms with Gasteiger partial charge in [0.05, 0.1) is 5.54 Å². The van der Waals surface area contributed by atoms with E-state index >= 15 is 0 Å². The normalized spacial score (nSPS) is 26.1. The van der Waals surface area contributed by atoms with Gasteiger partial charge >= 0.3 is 0 Å². The fourth-order valence-electron chi connectivity index (χ4n) is 2.45. The minimum absolute atomic E-state index is 0.337. The third-order valence-corrected chi connectivity index (χ3v) is 3.78. The molecule has 0 aliphatic heterocycles. The van der Waals surface area contributed by atoms with Crippen LogP contribution in [0.3, 0.4) is 0 Å². The number of rotatable bonds is 4. The molecule has 0 aromatic rings. The molecule has 2 heteroatoms. The van der Waals surface area contributed by atoms with E-state index in [0.717, 1.165) is 44.4 Å². The van der Waals surface area contributed by atoms with Crippen molar-refractivity contribution in [3.8, 4) is 0 Å². The lowest BCUT2D eigenvalue weighted by Gasteiger charge is -2.31. The van der Waals surface area contributed by atoms with E-state index in [0.29, 0.717) is 5.78 Å². The highest BCUT2D eigenvalue weighted by atomic mass is 16.1. The van der Waals surface area contributed by atoms with E-state index in [-0.39, 0.29) is 0 Å². The minimum atomic E-state index is -0.437. The fourth-order valence-corrected chi connectivity index (χ4v) is 2.45. The van der Waals surface area contributed by atoms with E-state index in [1.807, 2.05) is 0 Å². The molecule has 2 aliphatic carbocycles. The van der Waals surface area contributed by atoms with E-state index in [9.17, 15) is 4.79 Å². The molecule has 0 bridgehead atoms. The van der Waals surface area contributed by atoms with Crippen molar-refractivity contribution in [2.75, 3.05) is 0 Å². The van der Waals surface area contributed by atoms with Crippen molar-refractivity contribution >= 4 is 5.78 Å². The lowest BCUT2D eigenvalue weighted by atomic mass is 9.78. The summed E-state index contributed by atoms with van der Waals surface area (Å²) in [4.78, 5) is 11.9. The maximum Gasteiger partial charge on any atom is 0.152 e. The van der Waals surface area contributed by atoms with Gasteiger partial charge in [0.2, 0.25) is 0 Å². The number of carbonyl (C=O) groups excluding carboxylic acids is 1. The Morgan fingerprint density at radius 2 is 1.86 bits per heavy atom. The Balaban J connectivity index is 1.80. The summed E-state index contributed by atoms with van der Waals surface area (Å²) >= 11 is 0. The lowest BCUT2D eigenvalue weighted by molar-refractivity contribution is -0.125. The van der Waals surface area contributed by atoms with Gasteiger partial charge in [-0.1, -0.05) is 32.1 Å². The molecule has 2 aliphatic rings. The number of ketones is 1. The monoisotopic (exact) mass is 195 g/mol. The maximum absolute atomic E-state index is 11.9. The number of nitrogens with two attached hydrogens (primary N) is 1. The quantitative estimate of drug-likeness (QED) is 0.748. The molecular formula is C12H21NO. The Morgan fingerprint density at radius 1 is 1.21 bits per heavy atom. The average molecular weight is 195 g/mol. The summed E-state index contributed by atoms with van der Waals surface area (Å²) < 4.78 is 0. The van der Waals surface area contributed by atoms with Crippen molar-refractivity contribution in [3.05, 3.63) is 0 Å². The van der Waals surface area contributed by atoms with E-state index in [1.54, 1.807) is 0 Å². The maximum atomic E-state index is 11.9. The molecule has 0 spiro atoms. The molecule has 2 N–H and O–H groups in total. The molecule has 80 valence electrons. The SMILES string of the molecule is NC1(C(=O)CCC2CC2)CCCCC1. The highest BCUT2D eigenvalue weighted by Gasteiger charge is 2.35. The molecule has 2 rings (SSSR count). The fraction of sp³-hybridized carbons (Fsp3) is 0.917. The van der Waals surface area contributed by atoms with Gasteiger partial charge in [0.25, 0.3) is 0 Å². The second kappa shape index (κ2) is 4.01. The highest BCUT2D eigenvalue weighted by Crippen LogP contribution is 2.35. The van der Waals surface area contributed by atoms with Crippen LogP contribution in [-0.2, 0) is 4.79 Å². The summed E-state index contributed by atoms with van der Waals surface area (Å²) in [5, 5.41) is 0. The molecule has 0 atom stereocenters. The van der Waals surface area contributed by atoms with Gasteiger partial charge in [-0.25, -0.2) is 0 Å². The highest BCUT2D eigenvalue weighted by molar-refractivity contribution is 5.88. The van der Waals surface area contributed by atoms with E-state index < -0.39 is 5.54 Å². The van der Waals surface area contributed by atoms with Crippen LogP contribution in [0.5, 0.6) is 0 Å². The van der Waals surface area contributed by atoms with Crippen molar-refractivity contribution in [2.24, 2.45) is 11.7 Å². The van der Waals surface area contributed by atoms with Crippen molar-refractivity contribution in [1.29, 1.82) is 0 Å². The third kappa shape index (κ3) is 2.35. The van der Waals surface area contributed by atoms with Gasteiger partial charge in [-0.2, -0.15) is 0 Å². The van der Waals surface area contributed by atoms with Crippen LogP contribution >= 0.6 is 0 Å². The molecule has 0 radical (unpaired) electrons. The van der Waals surface area contributed by atoms with Crippen LogP contribution in [0.15, 0.2) is 0 Å². The first kappa shape index (κ1) is 10.2. The Labute approximate surface area is 86.2 Å². The zero-order valence-electron chi connectivity index (χ0n) is 8.93. The molecule has 2 saturated carbocycles. The minimum Gasteiger partial charge on any atom is -0.319 e. The summed E-state index contributed by atoms with van der Waals surface area (Å²) in [6.07, 6.45) is 9.91. The number of hydrogen-bond donors (Lipinski definition) is 1. The zero-order chi connectivity index (χ0) is 10.0. The summed E-state index contributed by atoms with van der Waals surface area (Å²) in [6, 6.07) is 0. The van der Waals surface area contributed by atoms with Crippen LogP contribution in [0.4, 0.5) is 0 Å². The van der Waals surface area contributed by atoms with Gasteiger partial charge in [-0.15, -0.1) is 0 Å². The lowest BCUT2D eigenvalue weighted by Crippen LogP contribution is -2.49. The van der Waals surface area contributed by atoms with E-state index in [2.05, 4.69) is 0 Å². The first-order chi connectivity index (χ1) is 6.71. The van der Waals surface area contributed by atoms with E-state index in [1.165, 1.54) is 19.3 Å². The predicted molar refractivity (Wildman–Crippen MR) is 57.0 cm³/mol. The number of hydrogen-bond acceptors (Lipinski definition) is 2. The predicted octanol–water partition coefficient (Wildman–Crippen LogP) is 2.41. The summed E-state index contributed by atoms with van der Waals surface area (Å²) in [6.45, 7) is 0. The average Bonchev–Trinajstić information content (AvgIpc) is 2.99. The zero-order valence-corrected chi connectivity index (χ0v) is 8.93. The molecular weight excluding hydrogens is 174 g/mol. The summed E-state index contributed by atoms with van der Waals surface area (Å²) in [5.74, 6) is 1.19. The van der Waals surface area contributed by atoms with Crippen molar-refractivity contribution in [3.63, 3.8) is 0 Å². The molecule has 14 heavy (non-hydrogen) atoms. The second-order valence-corrected chi connectivity index (χ2v) is 5.12. The molecule has 0 amide bonds. The first-order valence-electron chi connectivity index (χ1n) is 6.03. The Bertz CT molecular complexity index is 214. The van der Waals surface area contributed by atoms with Crippen molar-refractivity contribution < 1.29 is 4.79 Å². The Morgan fingerprint density at radius 3 is 2.43 bits per heavy atom. The van der Waals surface area contributed by atoms with Crippen molar-refractivity contribution in [1.82, 2.24) is 0 Å². The summed E-state index contributed by atoms with van der Waals surface area (Å²) in [7, 11) is 0. The van der Waals surface area contributed by atoms with Gasteiger partial charge < -0.3 is 5.73 Å². The molecule has 0 unspecified atom stereocenters. The smallest absolute Gasteiger partial charge is 0.152 e. The van der Waals surface area contributed by atoms with Crippen LogP contribution in [0.25, 0.3) is 0 Å². The van der Waals surface area contributed by atoms with Crippen LogP contribution in [0.1, 0.15) is 57.8 Å². The molecule has 2 nitrogen and oxygen atoms in total. The first-order valence-corrected chi connectivity index (χ1v) is 6.03. The van der Waals surface area contributed by atoms with E-state index in [4.69, 9.17) is 5.73 Å². The topological polar surface area (TPSA) is 43.1 Å². The van der Waals surface area contributed by atoms with Gasteiger partial charge in [0.1, 0.15) is 0 Å². The molecule has 0 aromatic heterocycles. The Hall–Kier alpha value is -0.370.